The molecule has 0 unspecified atom stereocenters. The fourth-order valence-corrected chi connectivity index (χ4v) is 1.10. The molecule has 0 aliphatic heterocycles. The SMILES string of the molecule is N#CC(=Cc1ccc(F)c(Cl)c1)C(=O)O. The van der Waals surface area contributed by atoms with Gasteiger partial charge in [-0.15, -0.1) is 0 Å². The lowest BCUT2D eigenvalue weighted by Gasteiger charge is -1.96. The Morgan fingerprint density at radius 3 is 2.73 bits per heavy atom. The fourth-order valence-electron chi connectivity index (χ4n) is 0.911. The molecule has 0 fully saturated rings. The summed E-state index contributed by atoms with van der Waals surface area (Å²) in [6.07, 6.45) is 1.12. The number of carboxylic acids is 1. The molecule has 0 spiro atoms. The maximum atomic E-state index is 12.7. The fraction of sp³-hybridized carbons (Fsp3) is 0. The molecule has 0 heterocycles. The van der Waals surface area contributed by atoms with Gasteiger partial charge in [-0.3, -0.25) is 0 Å². The van der Waals surface area contributed by atoms with E-state index in [0.717, 1.165) is 12.1 Å². The molecular formula is C10H5ClFNO2. The smallest absolute Gasteiger partial charge is 0.346 e. The van der Waals surface area contributed by atoms with Crippen molar-refractivity contribution in [3.05, 3.63) is 40.2 Å². The maximum Gasteiger partial charge on any atom is 0.346 e. The number of hydrogen-bond donors (Lipinski definition) is 1. The van der Waals surface area contributed by atoms with Gasteiger partial charge < -0.3 is 5.11 Å². The van der Waals surface area contributed by atoms with E-state index in [2.05, 4.69) is 0 Å². The van der Waals surface area contributed by atoms with Gasteiger partial charge in [0, 0.05) is 0 Å². The second-order valence-electron chi connectivity index (χ2n) is 2.65. The highest BCUT2D eigenvalue weighted by molar-refractivity contribution is 6.30. The number of hydrogen-bond acceptors (Lipinski definition) is 2. The first kappa shape index (κ1) is 11.2. The summed E-state index contributed by atoms with van der Waals surface area (Å²) in [4.78, 5) is 10.5. The highest BCUT2D eigenvalue weighted by Crippen LogP contribution is 2.17. The minimum Gasteiger partial charge on any atom is -0.477 e. The Bertz CT molecular complexity index is 477. The van der Waals surface area contributed by atoms with Crippen molar-refractivity contribution >= 4 is 23.6 Å². The molecule has 15 heavy (non-hydrogen) atoms. The third kappa shape index (κ3) is 2.79. The largest absolute Gasteiger partial charge is 0.477 e. The predicted molar refractivity (Wildman–Crippen MR) is 52.6 cm³/mol. The van der Waals surface area contributed by atoms with Gasteiger partial charge in [0.15, 0.2) is 0 Å². The second-order valence-corrected chi connectivity index (χ2v) is 3.06. The zero-order valence-corrected chi connectivity index (χ0v) is 8.12. The number of carboxylic acid groups (broad SMARTS) is 1. The Labute approximate surface area is 90.0 Å². The lowest BCUT2D eigenvalue weighted by Crippen LogP contribution is -1.97. The van der Waals surface area contributed by atoms with Crippen LogP contribution in [0.2, 0.25) is 5.02 Å². The highest BCUT2D eigenvalue weighted by Gasteiger charge is 2.06. The molecule has 0 saturated heterocycles. The molecule has 0 aliphatic rings. The topological polar surface area (TPSA) is 61.1 Å². The molecule has 76 valence electrons. The first-order chi connectivity index (χ1) is 7.04. The molecule has 0 atom stereocenters. The van der Waals surface area contributed by atoms with Crippen LogP contribution in [-0.2, 0) is 4.79 Å². The second kappa shape index (κ2) is 4.58. The first-order valence-corrected chi connectivity index (χ1v) is 4.22. The number of aliphatic carboxylic acids is 1. The van der Waals surface area contributed by atoms with Crippen LogP contribution in [0.3, 0.4) is 0 Å². The third-order valence-corrected chi connectivity index (χ3v) is 1.90. The van der Waals surface area contributed by atoms with Crippen LogP contribution in [0.5, 0.6) is 0 Å². The Balaban J connectivity index is 3.14. The molecule has 0 saturated carbocycles. The standard InChI is InChI=1S/C10H5ClFNO2/c11-8-4-6(1-2-9(8)12)3-7(5-13)10(14)15/h1-4H,(H,14,15). The minimum atomic E-state index is -1.34. The van der Waals surface area contributed by atoms with Gasteiger partial charge in [-0.1, -0.05) is 17.7 Å². The Kier molecular flexibility index (Phi) is 3.42. The minimum absolute atomic E-state index is 0.119. The third-order valence-electron chi connectivity index (χ3n) is 1.61. The molecule has 1 aromatic rings. The lowest BCUT2D eigenvalue weighted by molar-refractivity contribution is -0.132. The van der Waals surface area contributed by atoms with E-state index in [0.29, 0.717) is 5.56 Å². The van der Waals surface area contributed by atoms with E-state index in [-0.39, 0.29) is 5.02 Å². The summed E-state index contributed by atoms with van der Waals surface area (Å²) in [5, 5.41) is 16.9. The van der Waals surface area contributed by atoms with E-state index in [1.807, 2.05) is 0 Å². The number of rotatable bonds is 2. The average Bonchev–Trinajstić information content (AvgIpc) is 2.19. The van der Waals surface area contributed by atoms with Crippen LogP contribution >= 0.6 is 11.6 Å². The van der Waals surface area contributed by atoms with Gasteiger partial charge >= 0.3 is 5.97 Å². The molecule has 5 heteroatoms. The molecular weight excluding hydrogens is 221 g/mol. The van der Waals surface area contributed by atoms with E-state index in [1.54, 1.807) is 0 Å². The number of benzene rings is 1. The first-order valence-electron chi connectivity index (χ1n) is 3.84. The molecule has 0 amide bonds. The summed E-state index contributed by atoms with van der Waals surface area (Å²) in [6, 6.07) is 5.19. The van der Waals surface area contributed by atoms with Gasteiger partial charge in [-0.25, -0.2) is 9.18 Å². The van der Waals surface area contributed by atoms with Crippen LogP contribution in [0, 0.1) is 17.1 Å². The van der Waals surface area contributed by atoms with E-state index in [1.165, 1.54) is 18.2 Å². The monoisotopic (exact) mass is 225 g/mol. The summed E-state index contributed by atoms with van der Waals surface area (Å²) in [6.45, 7) is 0. The van der Waals surface area contributed by atoms with Gasteiger partial charge in [-0.05, 0) is 23.8 Å². The Hall–Kier alpha value is -1.86. The van der Waals surface area contributed by atoms with Gasteiger partial charge in [-0.2, -0.15) is 5.26 Å². The van der Waals surface area contributed by atoms with Crippen molar-refractivity contribution in [3.8, 4) is 6.07 Å². The van der Waals surface area contributed by atoms with Gasteiger partial charge in [0.05, 0.1) is 5.02 Å². The molecule has 1 rings (SSSR count). The molecule has 0 aromatic heterocycles. The lowest BCUT2D eigenvalue weighted by atomic mass is 10.1. The van der Waals surface area contributed by atoms with Crippen molar-refractivity contribution in [1.29, 1.82) is 5.26 Å². The molecule has 1 aromatic carbocycles. The number of nitrogens with zero attached hydrogens (tertiary/aromatic N) is 1. The van der Waals surface area contributed by atoms with Crippen LogP contribution in [0.1, 0.15) is 5.56 Å². The van der Waals surface area contributed by atoms with Gasteiger partial charge in [0.1, 0.15) is 17.5 Å². The number of halogens is 2. The van der Waals surface area contributed by atoms with Crippen LogP contribution in [0.25, 0.3) is 6.08 Å². The summed E-state index contributed by atoms with van der Waals surface area (Å²) < 4.78 is 12.7. The van der Waals surface area contributed by atoms with Crippen LogP contribution in [0.15, 0.2) is 23.8 Å². The summed E-state index contributed by atoms with van der Waals surface area (Å²) in [5.74, 6) is -1.93. The zero-order valence-electron chi connectivity index (χ0n) is 7.37. The van der Waals surface area contributed by atoms with Crippen molar-refractivity contribution in [2.24, 2.45) is 0 Å². The summed E-state index contributed by atoms with van der Waals surface area (Å²) in [7, 11) is 0. The maximum absolute atomic E-state index is 12.7. The predicted octanol–water partition coefficient (Wildman–Crippen LogP) is 2.47. The summed E-state index contributed by atoms with van der Waals surface area (Å²) in [5.41, 5.74) is -0.0713. The van der Waals surface area contributed by atoms with Crippen molar-refractivity contribution in [3.63, 3.8) is 0 Å². The van der Waals surface area contributed by atoms with E-state index >= 15 is 0 Å². The van der Waals surface area contributed by atoms with Crippen molar-refractivity contribution < 1.29 is 14.3 Å². The van der Waals surface area contributed by atoms with Crippen LogP contribution in [0.4, 0.5) is 4.39 Å². The number of nitriles is 1. The Morgan fingerprint density at radius 2 is 2.27 bits per heavy atom. The summed E-state index contributed by atoms with van der Waals surface area (Å²) >= 11 is 5.49. The molecule has 0 aliphatic carbocycles. The number of carbonyl (C=O) groups is 1. The highest BCUT2D eigenvalue weighted by atomic mass is 35.5. The molecule has 0 radical (unpaired) electrons. The van der Waals surface area contributed by atoms with Crippen LogP contribution in [-0.4, -0.2) is 11.1 Å². The molecule has 0 bridgehead atoms. The molecule has 3 nitrogen and oxygen atoms in total. The van der Waals surface area contributed by atoms with Crippen molar-refractivity contribution in [2.45, 2.75) is 0 Å². The van der Waals surface area contributed by atoms with Gasteiger partial charge in [0.25, 0.3) is 0 Å². The van der Waals surface area contributed by atoms with E-state index in [4.69, 9.17) is 22.0 Å². The normalized spacial score (nSPS) is 10.9. The van der Waals surface area contributed by atoms with Gasteiger partial charge in [0.2, 0.25) is 0 Å². The Morgan fingerprint density at radius 1 is 1.60 bits per heavy atom. The van der Waals surface area contributed by atoms with E-state index < -0.39 is 17.4 Å². The van der Waals surface area contributed by atoms with Crippen LogP contribution < -0.4 is 0 Å². The van der Waals surface area contributed by atoms with Crippen molar-refractivity contribution in [1.82, 2.24) is 0 Å². The van der Waals surface area contributed by atoms with E-state index in [9.17, 15) is 9.18 Å². The quantitative estimate of drug-likeness (QED) is 0.621. The molecule has 1 N–H and O–H groups in total. The van der Waals surface area contributed by atoms with Crippen molar-refractivity contribution in [2.75, 3.05) is 0 Å². The zero-order chi connectivity index (χ0) is 11.4. The average molecular weight is 226 g/mol.